The fourth-order valence-electron chi connectivity index (χ4n) is 5.41. The van der Waals surface area contributed by atoms with Crippen molar-refractivity contribution in [2.45, 2.75) is 26.4 Å². The first-order valence-electron chi connectivity index (χ1n) is 14.1. The van der Waals surface area contributed by atoms with E-state index in [0.29, 0.717) is 25.4 Å². The number of carbonyl (C=O) groups is 1. The van der Waals surface area contributed by atoms with Gasteiger partial charge in [0.15, 0.2) is 0 Å². The average Bonchev–Trinajstić information content (AvgIpc) is 3.34. The smallest absolute Gasteiger partial charge is 0.407 e. The van der Waals surface area contributed by atoms with E-state index in [9.17, 15) is 9.90 Å². The molecule has 5 aromatic rings. The summed E-state index contributed by atoms with van der Waals surface area (Å²) in [7, 11) is 4.92. The number of pyridine rings is 2. The van der Waals surface area contributed by atoms with Gasteiger partial charge in [-0.2, -0.15) is 5.10 Å². The van der Waals surface area contributed by atoms with Crippen molar-refractivity contribution in [1.82, 2.24) is 24.6 Å². The van der Waals surface area contributed by atoms with Crippen LogP contribution in [-0.4, -0.2) is 76.2 Å². The van der Waals surface area contributed by atoms with E-state index in [1.807, 2.05) is 59.4 Å². The molecule has 4 heterocycles. The molecule has 1 fully saturated rings. The van der Waals surface area contributed by atoms with E-state index in [1.54, 1.807) is 21.3 Å². The van der Waals surface area contributed by atoms with Gasteiger partial charge in [-0.05, 0) is 54.8 Å². The standard InChI is InChI=1S/C33H34N6O4/c1-20-7-6-8-26(21(20)2)31-28(43-5)15-27-32(35-31)30(36-39(27)17-22-9-12-25(42-4)13-10-22)23-11-14-29(34-16-23)38-18-24(19-38)37(3)33(40)41/h6-16,24H,17-19H2,1-5H3,(H,40,41). The van der Waals surface area contributed by atoms with Gasteiger partial charge in [-0.25, -0.2) is 14.8 Å². The molecule has 220 valence electrons. The van der Waals surface area contributed by atoms with E-state index in [-0.39, 0.29) is 6.04 Å². The number of hydrogen-bond donors (Lipinski definition) is 1. The van der Waals surface area contributed by atoms with Crippen LogP contribution in [0.3, 0.4) is 0 Å². The second-order valence-electron chi connectivity index (χ2n) is 10.9. The number of aromatic nitrogens is 4. The van der Waals surface area contributed by atoms with Gasteiger partial charge in [-0.1, -0.05) is 30.3 Å². The Balaban J connectivity index is 1.42. The molecular formula is C33H34N6O4. The molecule has 0 radical (unpaired) electrons. The minimum absolute atomic E-state index is 0.0424. The number of hydrogen-bond acceptors (Lipinski definition) is 7. The van der Waals surface area contributed by atoms with Crippen LogP contribution in [0.2, 0.25) is 0 Å². The summed E-state index contributed by atoms with van der Waals surface area (Å²) < 4.78 is 13.2. The van der Waals surface area contributed by atoms with Crippen molar-refractivity contribution in [1.29, 1.82) is 0 Å². The second kappa shape index (κ2) is 11.3. The van der Waals surface area contributed by atoms with Crippen molar-refractivity contribution in [3.8, 4) is 34.0 Å². The van der Waals surface area contributed by atoms with Gasteiger partial charge < -0.3 is 24.4 Å². The largest absolute Gasteiger partial charge is 0.497 e. The Morgan fingerprint density at radius 2 is 1.79 bits per heavy atom. The Hall–Kier alpha value is -5.12. The van der Waals surface area contributed by atoms with Gasteiger partial charge in [0, 0.05) is 43.5 Å². The normalized spacial score (nSPS) is 13.2. The first kappa shape index (κ1) is 28.0. The van der Waals surface area contributed by atoms with Gasteiger partial charge in [0.05, 0.1) is 32.3 Å². The maximum absolute atomic E-state index is 11.3. The number of anilines is 1. The van der Waals surface area contributed by atoms with E-state index in [2.05, 4.69) is 30.9 Å². The van der Waals surface area contributed by atoms with Crippen LogP contribution in [0.4, 0.5) is 10.6 Å². The Labute approximate surface area is 250 Å². The average molecular weight is 579 g/mol. The number of likely N-dealkylation sites (N-methyl/N-ethyl adjacent to an activating group) is 1. The first-order chi connectivity index (χ1) is 20.8. The molecule has 10 heteroatoms. The lowest BCUT2D eigenvalue weighted by atomic mass is 9.99. The van der Waals surface area contributed by atoms with E-state index < -0.39 is 6.09 Å². The lowest BCUT2D eigenvalue weighted by Gasteiger charge is -2.43. The van der Waals surface area contributed by atoms with Crippen molar-refractivity contribution < 1.29 is 19.4 Å². The van der Waals surface area contributed by atoms with Gasteiger partial charge in [0.25, 0.3) is 0 Å². The highest BCUT2D eigenvalue weighted by Crippen LogP contribution is 2.37. The van der Waals surface area contributed by atoms with Crippen molar-refractivity contribution in [2.24, 2.45) is 0 Å². The molecular weight excluding hydrogens is 544 g/mol. The number of carboxylic acid groups (broad SMARTS) is 1. The van der Waals surface area contributed by atoms with Gasteiger partial charge in [-0.15, -0.1) is 0 Å². The molecule has 3 aromatic heterocycles. The molecule has 1 saturated heterocycles. The summed E-state index contributed by atoms with van der Waals surface area (Å²) in [5.74, 6) is 2.27. The van der Waals surface area contributed by atoms with Crippen LogP contribution in [0.25, 0.3) is 33.5 Å². The Bertz CT molecular complexity index is 1790. The molecule has 1 N–H and O–H groups in total. The summed E-state index contributed by atoms with van der Waals surface area (Å²) >= 11 is 0. The van der Waals surface area contributed by atoms with Crippen LogP contribution in [0, 0.1) is 13.8 Å². The lowest BCUT2D eigenvalue weighted by Crippen LogP contribution is -2.59. The quantitative estimate of drug-likeness (QED) is 0.252. The van der Waals surface area contributed by atoms with Crippen LogP contribution in [0.15, 0.2) is 66.9 Å². The van der Waals surface area contributed by atoms with Crippen LogP contribution >= 0.6 is 0 Å². The Morgan fingerprint density at radius 3 is 2.44 bits per heavy atom. The summed E-state index contributed by atoms with van der Waals surface area (Å²) in [6.07, 6.45) is 0.890. The number of aryl methyl sites for hydroxylation is 1. The zero-order chi connectivity index (χ0) is 30.2. The summed E-state index contributed by atoms with van der Waals surface area (Å²) in [5, 5.41) is 14.3. The minimum Gasteiger partial charge on any atom is -0.497 e. The first-order valence-corrected chi connectivity index (χ1v) is 14.1. The molecule has 0 spiro atoms. The fourth-order valence-corrected chi connectivity index (χ4v) is 5.41. The van der Waals surface area contributed by atoms with E-state index >= 15 is 0 Å². The maximum atomic E-state index is 11.3. The number of amides is 1. The molecule has 0 unspecified atom stereocenters. The van der Waals surface area contributed by atoms with Crippen molar-refractivity contribution in [3.05, 3.63) is 83.6 Å². The predicted molar refractivity (Wildman–Crippen MR) is 166 cm³/mol. The molecule has 6 rings (SSSR count). The van der Waals surface area contributed by atoms with Crippen molar-refractivity contribution >= 4 is 22.9 Å². The highest BCUT2D eigenvalue weighted by atomic mass is 16.5. The Kier molecular flexibility index (Phi) is 7.35. The van der Waals surface area contributed by atoms with Gasteiger partial charge in [0.2, 0.25) is 0 Å². The van der Waals surface area contributed by atoms with Gasteiger partial charge >= 0.3 is 6.09 Å². The number of ether oxygens (including phenoxy) is 2. The van der Waals surface area contributed by atoms with Crippen LogP contribution in [-0.2, 0) is 6.54 Å². The third-order valence-corrected chi connectivity index (χ3v) is 8.32. The van der Waals surface area contributed by atoms with E-state index in [4.69, 9.17) is 24.5 Å². The molecule has 1 aliphatic rings. The summed E-state index contributed by atoms with van der Waals surface area (Å²) in [6.45, 7) is 5.94. The minimum atomic E-state index is -0.922. The van der Waals surface area contributed by atoms with E-state index in [0.717, 1.165) is 56.2 Å². The number of rotatable bonds is 8. The molecule has 1 aliphatic heterocycles. The summed E-state index contributed by atoms with van der Waals surface area (Å²) in [5.41, 5.74) is 8.35. The number of benzene rings is 2. The topological polar surface area (TPSA) is 106 Å². The molecule has 0 aliphatic carbocycles. The van der Waals surface area contributed by atoms with E-state index in [1.165, 1.54) is 10.5 Å². The molecule has 0 saturated carbocycles. The zero-order valence-corrected chi connectivity index (χ0v) is 24.9. The highest BCUT2D eigenvalue weighted by molar-refractivity contribution is 5.93. The maximum Gasteiger partial charge on any atom is 0.407 e. The molecule has 0 bridgehead atoms. The zero-order valence-electron chi connectivity index (χ0n) is 24.9. The van der Waals surface area contributed by atoms with Crippen molar-refractivity contribution in [3.63, 3.8) is 0 Å². The SMILES string of the molecule is COc1ccc(Cn2nc(-c3ccc(N4CC(N(C)C(=O)O)C4)nc3)c3nc(-c4cccc(C)c4C)c(OC)cc32)cc1. The molecule has 43 heavy (non-hydrogen) atoms. The third-order valence-electron chi connectivity index (χ3n) is 8.32. The second-order valence-corrected chi connectivity index (χ2v) is 10.9. The fraction of sp³-hybridized carbons (Fsp3) is 0.273. The molecule has 0 atom stereocenters. The third kappa shape index (κ3) is 5.20. The van der Waals surface area contributed by atoms with Gasteiger partial charge in [0.1, 0.15) is 34.2 Å². The number of fused-ring (bicyclic) bond motifs is 1. The lowest BCUT2D eigenvalue weighted by molar-refractivity contribution is 0.129. The summed E-state index contributed by atoms with van der Waals surface area (Å²) in [4.78, 5) is 24.6. The van der Waals surface area contributed by atoms with Crippen molar-refractivity contribution in [2.75, 3.05) is 39.3 Å². The van der Waals surface area contributed by atoms with Crippen LogP contribution in [0.1, 0.15) is 16.7 Å². The summed E-state index contributed by atoms with van der Waals surface area (Å²) in [6, 6.07) is 20.1. The molecule has 1 amide bonds. The van der Waals surface area contributed by atoms with Crippen LogP contribution < -0.4 is 14.4 Å². The van der Waals surface area contributed by atoms with Gasteiger partial charge in [-0.3, -0.25) is 4.68 Å². The Morgan fingerprint density at radius 1 is 1.02 bits per heavy atom. The predicted octanol–water partition coefficient (Wildman–Crippen LogP) is 5.64. The highest BCUT2D eigenvalue weighted by Gasteiger charge is 2.33. The molecule has 10 nitrogen and oxygen atoms in total. The number of nitrogens with zero attached hydrogens (tertiary/aromatic N) is 6. The van der Waals surface area contributed by atoms with Crippen LogP contribution in [0.5, 0.6) is 11.5 Å². The molecule has 2 aromatic carbocycles. The monoisotopic (exact) mass is 578 g/mol. The number of methoxy groups -OCH3 is 2.